The Bertz CT molecular complexity index is 1250. The van der Waals surface area contributed by atoms with Crippen LogP contribution >= 0.6 is 12.2 Å². The molecule has 0 radical (unpaired) electrons. The number of nitrogens with zero attached hydrogens (tertiary/aromatic N) is 2. The topological polar surface area (TPSA) is 69.8 Å². The van der Waals surface area contributed by atoms with Crippen molar-refractivity contribution in [2.45, 2.75) is 33.4 Å². The molecule has 1 aliphatic heterocycles. The monoisotopic (exact) mass is 480 g/mol. The van der Waals surface area contributed by atoms with Gasteiger partial charge in [0.25, 0.3) is 5.56 Å². The van der Waals surface area contributed by atoms with Crippen LogP contribution in [-0.2, 0) is 13.1 Å². The molecule has 0 saturated carbocycles. The van der Waals surface area contributed by atoms with Crippen molar-refractivity contribution in [2.75, 3.05) is 34.0 Å². The minimum absolute atomic E-state index is 0.0905. The summed E-state index contributed by atoms with van der Waals surface area (Å²) in [5, 5.41) is 5.05. The lowest BCUT2D eigenvalue weighted by Gasteiger charge is -2.26. The summed E-state index contributed by atoms with van der Waals surface area (Å²) in [6.45, 7) is 6.98. The molecule has 0 aliphatic carbocycles. The second kappa shape index (κ2) is 10.4. The average Bonchev–Trinajstić information content (AvgIpc) is 3.27. The van der Waals surface area contributed by atoms with E-state index in [0.29, 0.717) is 23.8 Å². The molecule has 8 heteroatoms. The van der Waals surface area contributed by atoms with Gasteiger partial charge in [-0.05, 0) is 88.0 Å². The van der Waals surface area contributed by atoms with Crippen molar-refractivity contribution < 1.29 is 9.47 Å². The fourth-order valence-corrected chi connectivity index (χ4v) is 4.33. The zero-order valence-corrected chi connectivity index (χ0v) is 21.1. The highest BCUT2D eigenvalue weighted by Gasteiger charge is 2.18. The van der Waals surface area contributed by atoms with Crippen LogP contribution in [0.4, 0.5) is 0 Å². The maximum atomic E-state index is 13.0. The lowest BCUT2D eigenvalue weighted by Crippen LogP contribution is -2.40. The van der Waals surface area contributed by atoms with E-state index in [4.69, 9.17) is 21.7 Å². The van der Waals surface area contributed by atoms with Crippen LogP contribution in [0.5, 0.6) is 11.5 Å². The number of nitrogens with one attached hydrogen (secondary N) is 2. The summed E-state index contributed by atoms with van der Waals surface area (Å²) < 4.78 is 11.0. The number of H-pyrrole nitrogens is 1. The van der Waals surface area contributed by atoms with Gasteiger partial charge in [-0.2, -0.15) is 0 Å². The third-order valence-corrected chi connectivity index (χ3v) is 6.44. The van der Waals surface area contributed by atoms with Crippen molar-refractivity contribution in [3.05, 3.63) is 69.0 Å². The van der Waals surface area contributed by atoms with Gasteiger partial charge in [-0.15, -0.1) is 0 Å². The standard InChI is InChI=1S/C26H32N4O3S/c1-17-6-7-18(2)24-21(17)13-20(25(31)28-24)15-30(26(34)27-10-5-11-29(3)4)14-19-8-9-22-23(12-19)33-16-32-22/h6-9,12-13H,5,10-11,14-16H2,1-4H3,(H,27,34)(H,28,31). The van der Waals surface area contributed by atoms with Gasteiger partial charge in [-0.25, -0.2) is 0 Å². The predicted octanol–water partition coefficient (Wildman–Crippen LogP) is 3.70. The maximum Gasteiger partial charge on any atom is 0.253 e. The van der Waals surface area contributed by atoms with Crippen molar-refractivity contribution >= 4 is 28.2 Å². The van der Waals surface area contributed by atoms with Crippen LogP contribution in [0.25, 0.3) is 10.9 Å². The van der Waals surface area contributed by atoms with E-state index >= 15 is 0 Å². The van der Waals surface area contributed by atoms with E-state index < -0.39 is 0 Å². The molecule has 3 aromatic rings. The molecule has 2 aromatic carbocycles. The number of pyridine rings is 1. The summed E-state index contributed by atoms with van der Waals surface area (Å²) in [7, 11) is 4.11. The molecule has 0 saturated heterocycles. The molecule has 2 N–H and O–H groups in total. The second-order valence-electron chi connectivity index (χ2n) is 9.04. The number of thiocarbonyl (C=S) groups is 1. The number of rotatable bonds is 8. The Balaban J connectivity index is 1.59. The van der Waals surface area contributed by atoms with E-state index in [-0.39, 0.29) is 12.4 Å². The van der Waals surface area contributed by atoms with Crippen molar-refractivity contribution in [1.29, 1.82) is 0 Å². The van der Waals surface area contributed by atoms with Crippen LogP contribution in [0.1, 0.15) is 28.7 Å². The second-order valence-corrected chi connectivity index (χ2v) is 9.43. The molecule has 4 rings (SSSR count). The quantitative estimate of drug-likeness (QED) is 0.376. The first-order chi connectivity index (χ1) is 16.3. The van der Waals surface area contributed by atoms with E-state index in [2.05, 4.69) is 42.3 Å². The number of aryl methyl sites for hydroxylation is 2. The first-order valence-corrected chi connectivity index (χ1v) is 11.9. The van der Waals surface area contributed by atoms with Gasteiger partial charge in [-0.1, -0.05) is 18.2 Å². The normalized spacial score (nSPS) is 12.4. The molecule has 1 aliphatic rings. The largest absolute Gasteiger partial charge is 0.454 e. The molecule has 0 atom stereocenters. The van der Waals surface area contributed by atoms with Gasteiger partial charge >= 0.3 is 0 Å². The zero-order chi connectivity index (χ0) is 24.2. The highest BCUT2D eigenvalue weighted by molar-refractivity contribution is 7.80. The van der Waals surface area contributed by atoms with Crippen molar-refractivity contribution in [2.24, 2.45) is 0 Å². The molecular weight excluding hydrogens is 448 g/mol. The van der Waals surface area contributed by atoms with Crippen molar-refractivity contribution in [3.63, 3.8) is 0 Å². The number of fused-ring (bicyclic) bond motifs is 2. The molecule has 0 bridgehead atoms. The minimum atomic E-state index is -0.0905. The van der Waals surface area contributed by atoms with E-state index in [0.717, 1.165) is 58.6 Å². The molecule has 2 heterocycles. The highest BCUT2D eigenvalue weighted by Crippen LogP contribution is 2.33. The van der Waals surface area contributed by atoms with Gasteiger partial charge in [0.2, 0.25) is 6.79 Å². The summed E-state index contributed by atoms with van der Waals surface area (Å²) in [4.78, 5) is 20.3. The lowest BCUT2D eigenvalue weighted by molar-refractivity contribution is 0.174. The molecule has 1 aromatic heterocycles. The van der Waals surface area contributed by atoms with Crippen molar-refractivity contribution in [3.8, 4) is 11.5 Å². The summed E-state index contributed by atoms with van der Waals surface area (Å²) in [5.41, 5.74) is 4.70. The van der Waals surface area contributed by atoms with E-state index in [1.165, 1.54) is 0 Å². The molecule has 7 nitrogen and oxygen atoms in total. The van der Waals surface area contributed by atoms with Gasteiger partial charge in [0, 0.05) is 24.0 Å². The van der Waals surface area contributed by atoms with Gasteiger partial charge in [0.1, 0.15) is 0 Å². The van der Waals surface area contributed by atoms with Gasteiger partial charge in [0.05, 0.1) is 12.1 Å². The van der Waals surface area contributed by atoms with Crippen LogP contribution < -0.4 is 20.3 Å². The minimum Gasteiger partial charge on any atom is -0.454 e. The van der Waals surface area contributed by atoms with Crippen molar-refractivity contribution in [1.82, 2.24) is 20.1 Å². The summed E-state index contributed by atoms with van der Waals surface area (Å²) in [6, 6.07) is 12.0. The Labute approximate surface area is 205 Å². The van der Waals surface area contributed by atoms with Crippen LogP contribution in [0.3, 0.4) is 0 Å². The fourth-order valence-electron chi connectivity index (χ4n) is 4.10. The summed E-state index contributed by atoms with van der Waals surface area (Å²) in [6.07, 6.45) is 0.972. The maximum absolute atomic E-state index is 13.0. The number of benzene rings is 2. The van der Waals surface area contributed by atoms with Crippen LogP contribution in [-0.4, -0.2) is 53.9 Å². The molecular formula is C26H32N4O3S. The average molecular weight is 481 g/mol. The highest BCUT2D eigenvalue weighted by atomic mass is 32.1. The van der Waals surface area contributed by atoms with Gasteiger partial charge in [-0.3, -0.25) is 4.79 Å². The molecule has 0 unspecified atom stereocenters. The molecule has 0 amide bonds. The number of aromatic amines is 1. The van der Waals surface area contributed by atoms with E-state index in [1.807, 2.05) is 42.2 Å². The first kappa shape index (κ1) is 24.0. The van der Waals surface area contributed by atoms with Crippen LogP contribution in [0.2, 0.25) is 0 Å². The Morgan fingerprint density at radius 3 is 2.62 bits per heavy atom. The Kier molecular flexibility index (Phi) is 7.38. The Morgan fingerprint density at radius 1 is 1.06 bits per heavy atom. The van der Waals surface area contributed by atoms with E-state index in [9.17, 15) is 4.79 Å². The van der Waals surface area contributed by atoms with Crippen LogP contribution in [0.15, 0.2) is 41.2 Å². The summed E-state index contributed by atoms with van der Waals surface area (Å²) >= 11 is 5.77. The third-order valence-electron chi connectivity index (χ3n) is 6.04. The molecule has 34 heavy (non-hydrogen) atoms. The lowest BCUT2D eigenvalue weighted by atomic mass is 10.0. The number of aromatic nitrogens is 1. The molecule has 0 spiro atoms. The Hall–Kier alpha value is -3.10. The first-order valence-electron chi connectivity index (χ1n) is 11.5. The number of ether oxygens (including phenoxy) is 2. The fraction of sp³-hybridized carbons (Fsp3) is 0.385. The van der Waals surface area contributed by atoms with Crippen LogP contribution in [0, 0.1) is 13.8 Å². The molecule has 0 fully saturated rings. The third kappa shape index (κ3) is 5.51. The van der Waals surface area contributed by atoms with Gasteiger partial charge in [0.15, 0.2) is 16.6 Å². The molecule has 180 valence electrons. The number of hydrogen-bond acceptors (Lipinski definition) is 5. The zero-order valence-electron chi connectivity index (χ0n) is 20.2. The predicted molar refractivity (Wildman–Crippen MR) is 140 cm³/mol. The Morgan fingerprint density at radius 2 is 1.82 bits per heavy atom. The van der Waals surface area contributed by atoms with Gasteiger partial charge < -0.3 is 29.6 Å². The number of hydrogen-bond donors (Lipinski definition) is 2. The van der Waals surface area contributed by atoms with E-state index in [1.54, 1.807) is 0 Å². The summed E-state index contributed by atoms with van der Waals surface area (Å²) in [5.74, 6) is 1.48. The SMILES string of the molecule is Cc1ccc(C)c2[nH]c(=O)c(CN(Cc3ccc4c(c3)OCO4)C(=S)NCCCN(C)C)cc12. The smallest absolute Gasteiger partial charge is 0.253 e.